The molecule has 0 saturated heterocycles. The first-order valence-electron chi connectivity index (χ1n) is 10.4. The van der Waals surface area contributed by atoms with Crippen molar-refractivity contribution in [2.24, 2.45) is 17.8 Å². The molecule has 2 bridgehead atoms. The Bertz CT molecular complexity index is 866. The fraction of sp³-hybridized carbons (Fsp3) is 0.417. The standard InChI is InChI=1S/C24H27NO4/c1-16(22-13-17-10-11-18(22)12-17)25-23(26)15-28-24(27)19-6-5-9-21(14-19)29-20-7-3-2-4-8-20/h2-9,14,16-18,22H,10-13,15H2,1H3,(H,25,26)/t16-,17+,18+,22+/m1/s1. The van der Waals surface area contributed by atoms with Gasteiger partial charge < -0.3 is 14.8 Å². The molecule has 29 heavy (non-hydrogen) atoms. The van der Waals surface area contributed by atoms with Crippen molar-refractivity contribution in [3.8, 4) is 11.5 Å². The average molecular weight is 393 g/mol. The van der Waals surface area contributed by atoms with Crippen molar-refractivity contribution in [3.05, 3.63) is 60.2 Å². The van der Waals surface area contributed by atoms with Crippen LogP contribution in [0.4, 0.5) is 0 Å². The van der Waals surface area contributed by atoms with Crippen molar-refractivity contribution in [1.29, 1.82) is 0 Å². The van der Waals surface area contributed by atoms with Gasteiger partial charge in [0.05, 0.1) is 5.56 Å². The van der Waals surface area contributed by atoms with Crippen LogP contribution in [-0.4, -0.2) is 24.5 Å². The van der Waals surface area contributed by atoms with Crippen LogP contribution in [0.25, 0.3) is 0 Å². The number of benzene rings is 2. The molecule has 2 aromatic carbocycles. The molecule has 152 valence electrons. The molecule has 2 fully saturated rings. The molecule has 0 aromatic heterocycles. The summed E-state index contributed by atoms with van der Waals surface area (Å²) >= 11 is 0. The third kappa shape index (κ3) is 4.78. The van der Waals surface area contributed by atoms with Crippen LogP contribution in [0.2, 0.25) is 0 Å². The lowest BCUT2D eigenvalue weighted by atomic mass is 9.84. The zero-order valence-corrected chi connectivity index (χ0v) is 16.7. The van der Waals surface area contributed by atoms with Crippen LogP contribution in [0.15, 0.2) is 54.6 Å². The second-order valence-electron chi connectivity index (χ2n) is 8.21. The zero-order chi connectivity index (χ0) is 20.2. The molecule has 1 N–H and O–H groups in total. The molecular weight excluding hydrogens is 366 g/mol. The summed E-state index contributed by atoms with van der Waals surface area (Å²) in [5.41, 5.74) is 0.354. The van der Waals surface area contributed by atoms with Gasteiger partial charge in [0, 0.05) is 6.04 Å². The van der Waals surface area contributed by atoms with E-state index in [1.54, 1.807) is 24.3 Å². The van der Waals surface area contributed by atoms with Gasteiger partial charge in [-0.2, -0.15) is 0 Å². The largest absolute Gasteiger partial charge is 0.457 e. The number of fused-ring (bicyclic) bond motifs is 2. The molecule has 4 atom stereocenters. The number of hydrogen-bond acceptors (Lipinski definition) is 4. The minimum atomic E-state index is -0.536. The summed E-state index contributed by atoms with van der Waals surface area (Å²) < 4.78 is 11.0. The maximum Gasteiger partial charge on any atom is 0.338 e. The number of hydrogen-bond donors (Lipinski definition) is 1. The van der Waals surface area contributed by atoms with Gasteiger partial charge >= 0.3 is 5.97 Å². The Kier molecular flexibility index (Phi) is 5.84. The van der Waals surface area contributed by atoms with Gasteiger partial charge in [-0.1, -0.05) is 30.7 Å². The van der Waals surface area contributed by atoms with Crippen LogP contribution < -0.4 is 10.1 Å². The van der Waals surface area contributed by atoms with Crippen LogP contribution in [0.5, 0.6) is 11.5 Å². The van der Waals surface area contributed by atoms with E-state index in [2.05, 4.69) is 12.2 Å². The van der Waals surface area contributed by atoms with Crippen molar-refractivity contribution < 1.29 is 19.1 Å². The van der Waals surface area contributed by atoms with E-state index in [4.69, 9.17) is 9.47 Å². The highest BCUT2D eigenvalue weighted by Crippen LogP contribution is 2.49. The highest BCUT2D eigenvalue weighted by Gasteiger charge is 2.42. The first-order valence-corrected chi connectivity index (χ1v) is 10.4. The van der Waals surface area contributed by atoms with Crippen molar-refractivity contribution in [1.82, 2.24) is 5.32 Å². The minimum absolute atomic E-state index is 0.124. The van der Waals surface area contributed by atoms with E-state index in [-0.39, 0.29) is 18.6 Å². The molecule has 0 radical (unpaired) electrons. The summed E-state index contributed by atoms with van der Waals surface area (Å²) in [5, 5.41) is 3.02. The van der Waals surface area contributed by atoms with Gasteiger partial charge in [-0.05, 0) is 74.3 Å². The van der Waals surface area contributed by atoms with Crippen LogP contribution in [-0.2, 0) is 9.53 Å². The quantitative estimate of drug-likeness (QED) is 0.700. The van der Waals surface area contributed by atoms with Gasteiger partial charge in [0.1, 0.15) is 11.5 Å². The number of carbonyl (C=O) groups excluding carboxylic acids is 2. The van der Waals surface area contributed by atoms with Gasteiger partial charge in [-0.3, -0.25) is 4.79 Å². The normalized spacial score (nSPS) is 23.4. The van der Waals surface area contributed by atoms with Crippen LogP contribution in [0, 0.1) is 17.8 Å². The number of rotatable bonds is 7. The smallest absolute Gasteiger partial charge is 0.338 e. The number of nitrogens with one attached hydrogen (secondary N) is 1. The Balaban J connectivity index is 1.27. The molecule has 1 amide bonds. The first kappa shape index (κ1) is 19.5. The fourth-order valence-electron chi connectivity index (χ4n) is 4.83. The van der Waals surface area contributed by atoms with Crippen molar-refractivity contribution in [2.75, 3.05) is 6.61 Å². The van der Waals surface area contributed by atoms with Crippen molar-refractivity contribution in [2.45, 2.75) is 38.6 Å². The molecule has 2 aromatic rings. The molecule has 0 aliphatic heterocycles. The fourth-order valence-corrected chi connectivity index (χ4v) is 4.83. The third-order valence-corrected chi connectivity index (χ3v) is 6.21. The lowest BCUT2D eigenvalue weighted by Crippen LogP contribution is -2.42. The highest BCUT2D eigenvalue weighted by molar-refractivity contribution is 5.91. The summed E-state index contributed by atoms with van der Waals surface area (Å²) in [6.07, 6.45) is 5.14. The van der Waals surface area contributed by atoms with Crippen molar-refractivity contribution >= 4 is 11.9 Å². The molecule has 0 heterocycles. The van der Waals surface area contributed by atoms with E-state index < -0.39 is 5.97 Å². The summed E-state index contributed by atoms with van der Waals surface area (Å²) in [6, 6.07) is 16.2. The molecule has 5 heteroatoms. The number of amides is 1. The van der Waals surface area contributed by atoms with E-state index in [1.165, 1.54) is 25.7 Å². The summed E-state index contributed by atoms with van der Waals surface area (Å²) in [7, 11) is 0. The molecule has 0 unspecified atom stereocenters. The predicted molar refractivity (Wildman–Crippen MR) is 110 cm³/mol. The van der Waals surface area contributed by atoms with Gasteiger partial charge in [0.25, 0.3) is 5.91 Å². The Morgan fingerprint density at radius 1 is 1.03 bits per heavy atom. The molecular formula is C24H27NO4. The zero-order valence-electron chi connectivity index (χ0n) is 16.7. The number of esters is 1. The molecule has 0 spiro atoms. The van der Waals surface area contributed by atoms with Crippen LogP contribution >= 0.6 is 0 Å². The molecule has 4 rings (SSSR count). The maximum absolute atomic E-state index is 12.3. The van der Waals surface area contributed by atoms with E-state index in [0.29, 0.717) is 23.0 Å². The molecule has 2 aliphatic rings. The van der Waals surface area contributed by atoms with Gasteiger partial charge in [-0.15, -0.1) is 0 Å². The monoisotopic (exact) mass is 393 g/mol. The minimum Gasteiger partial charge on any atom is -0.457 e. The maximum atomic E-state index is 12.3. The van der Waals surface area contributed by atoms with Crippen LogP contribution in [0.1, 0.15) is 43.0 Å². The lowest BCUT2D eigenvalue weighted by Gasteiger charge is -2.28. The average Bonchev–Trinajstić information content (AvgIpc) is 3.37. The van der Waals surface area contributed by atoms with E-state index in [1.807, 2.05) is 30.3 Å². The summed E-state index contributed by atoms with van der Waals surface area (Å²) in [6.45, 7) is 1.79. The summed E-state index contributed by atoms with van der Waals surface area (Å²) in [4.78, 5) is 24.6. The second kappa shape index (κ2) is 8.68. The van der Waals surface area contributed by atoms with Gasteiger partial charge in [0.2, 0.25) is 0 Å². The Morgan fingerprint density at radius 3 is 2.55 bits per heavy atom. The third-order valence-electron chi connectivity index (χ3n) is 6.21. The van der Waals surface area contributed by atoms with Crippen molar-refractivity contribution in [3.63, 3.8) is 0 Å². The van der Waals surface area contributed by atoms with Gasteiger partial charge in [0.15, 0.2) is 6.61 Å². The molecule has 5 nitrogen and oxygen atoms in total. The second-order valence-corrected chi connectivity index (χ2v) is 8.21. The van der Waals surface area contributed by atoms with Crippen LogP contribution in [0.3, 0.4) is 0 Å². The molecule has 2 aliphatic carbocycles. The summed E-state index contributed by atoms with van der Waals surface area (Å²) in [5.74, 6) is 2.58. The lowest BCUT2D eigenvalue weighted by molar-refractivity contribution is -0.125. The van der Waals surface area contributed by atoms with E-state index >= 15 is 0 Å². The SMILES string of the molecule is C[C@@H](NC(=O)COC(=O)c1cccc(Oc2ccccc2)c1)[C@@H]1C[C@H]2CC[C@H]1C2. The van der Waals surface area contributed by atoms with Gasteiger partial charge in [-0.25, -0.2) is 4.79 Å². The number of carbonyl (C=O) groups is 2. The Morgan fingerprint density at radius 2 is 1.83 bits per heavy atom. The molecule has 2 saturated carbocycles. The first-order chi connectivity index (χ1) is 14.1. The number of para-hydroxylation sites is 1. The van der Waals surface area contributed by atoms with E-state index in [9.17, 15) is 9.59 Å². The predicted octanol–water partition coefficient (Wildman–Crippen LogP) is 4.58. The Labute approximate surface area is 171 Å². The topological polar surface area (TPSA) is 64.6 Å². The van der Waals surface area contributed by atoms with E-state index in [0.717, 1.165) is 11.8 Å². The highest BCUT2D eigenvalue weighted by atomic mass is 16.5. The number of ether oxygens (including phenoxy) is 2. The Hall–Kier alpha value is -2.82.